The third-order valence-electron chi connectivity index (χ3n) is 7.24. The summed E-state index contributed by atoms with van der Waals surface area (Å²) in [6, 6.07) is 9.86. The molecule has 0 unspecified atom stereocenters. The number of pyridine rings is 1. The average Bonchev–Trinajstić information content (AvgIpc) is 3.47. The number of aromatic nitrogens is 3. The van der Waals surface area contributed by atoms with E-state index in [1.807, 2.05) is 33.7 Å². The Hall–Kier alpha value is -2.93. The molecule has 0 spiro atoms. The number of fused-ring (bicyclic) bond motifs is 5. The minimum absolute atomic E-state index is 0.0360. The van der Waals surface area contributed by atoms with Crippen LogP contribution in [0.1, 0.15) is 46.8 Å². The van der Waals surface area contributed by atoms with Crippen molar-refractivity contribution >= 4 is 16.9 Å². The zero-order valence-electron chi connectivity index (χ0n) is 17.6. The minimum atomic E-state index is 0.0360. The number of hydrogen-bond acceptors (Lipinski definition) is 4. The van der Waals surface area contributed by atoms with Gasteiger partial charge in [0.05, 0.1) is 17.4 Å². The summed E-state index contributed by atoms with van der Waals surface area (Å²) in [5.74, 6) is 0.561. The Balaban J connectivity index is 1.27. The topological polar surface area (TPSA) is 74.2 Å². The third kappa shape index (κ3) is 3.19. The molecule has 3 aromatic rings. The number of aromatic amines is 1. The first kappa shape index (κ1) is 18.8. The van der Waals surface area contributed by atoms with Crippen molar-refractivity contribution < 1.29 is 4.79 Å². The summed E-state index contributed by atoms with van der Waals surface area (Å²) in [6.07, 6.45) is 5.13. The number of H-pyrrole nitrogens is 1. The van der Waals surface area contributed by atoms with Gasteiger partial charge in [0.2, 0.25) is 0 Å². The van der Waals surface area contributed by atoms with Crippen molar-refractivity contribution in [2.24, 2.45) is 5.92 Å². The zero-order valence-corrected chi connectivity index (χ0v) is 17.6. The van der Waals surface area contributed by atoms with Crippen LogP contribution in [0.25, 0.3) is 11.0 Å². The molecule has 6 rings (SSSR count). The summed E-state index contributed by atoms with van der Waals surface area (Å²) in [6.45, 7) is 4.99. The van der Waals surface area contributed by atoms with E-state index in [-0.39, 0.29) is 17.4 Å². The van der Waals surface area contributed by atoms with Crippen LogP contribution >= 0.6 is 0 Å². The van der Waals surface area contributed by atoms with Crippen molar-refractivity contribution in [1.82, 2.24) is 24.3 Å². The number of nitrogens with one attached hydrogen (secondary N) is 1. The maximum absolute atomic E-state index is 13.4. The van der Waals surface area contributed by atoms with Crippen molar-refractivity contribution in [2.45, 2.75) is 38.3 Å². The van der Waals surface area contributed by atoms with E-state index in [4.69, 9.17) is 0 Å². The molecule has 3 aliphatic rings. The van der Waals surface area contributed by atoms with Gasteiger partial charge in [-0.1, -0.05) is 12.1 Å². The molecule has 2 aromatic heterocycles. The number of benzene rings is 1. The number of hydrogen-bond donors (Lipinski definition) is 1. The molecule has 1 aromatic carbocycles. The van der Waals surface area contributed by atoms with E-state index in [0.717, 1.165) is 48.3 Å². The second-order valence-electron chi connectivity index (χ2n) is 9.30. The van der Waals surface area contributed by atoms with E-state index < -0.39 is 0 Å². The van der Waals surface area contributed by atoms with Gasteiger partial charge in [-0.25, -0.2) is 4.98 Å². The number of likely N-dealkylation sites (tertiary alicyclic amines) is 2. The molecule has 5 heterocycles. The predicted molar refractivity (Wildman–Crippen MR) is 118 cm³/mol. The minimum Gasteiger partial charge on any atom is -0.345 e. The lowest BCUT2D eigenvalue weighted by Gasteiger charge is -2.43. The lowest BCUT2D eigenvalue weighted by Crippen LogP contribution is -2.49. The van der Waals surface area contributed by atoms with Gasteiger partial charge in [0.15, 0.2) is 0 Å². The van der Waals surface area contributed by atoms with Gasteiger partial charge in [-0.05, 0) is 56.5 Å². The van der Waals surface area contributed by atoms with Gasteiger partial charge in [0.25, 0.3) is 11.5 Å². The van der Waals surface area contributed by atoms with Gasteiger partial charge in [0, 0.05) is 43.4 Å². The maximum atomic E-state index is 13.4. The van der Waals surface area contributed by atoms with Crippen LogP contribution in [-0.2, 0) is 13.1 Å². The summed E-state index contributed by atoms with van der Waals surface area (Å²) in [4.78, 5) is 38.4. The summed E-state index contributed by atoms with van der Waals surface area (Å²) in [7, 11) is 0. The van der Waals surface area contributed by atoms with Gasteiger partial charge in [0.1, 0.15) is 5.52 Å². The Morgan fingerprint density at radius 1 is 1.10 bits per heavy atom. The largest absolute Gasteiger partial charge is 0.345 e. The van der Waals surface area contributed by atoms with Crippen LogP contribution in [0.3, 0.4) is 0 Å². The molecule has 0 aliphatic carbocycles. The Kier molecular flexibility index (Phi) is 4.45. The lowest BCUT2D eigenvalue weighted by atomic mass is 9.82. The fourth-order valence-corrected chi connectivity index (χ4v) is 5.77. The van der Waals surface area contributed by atoms with Crippen molar-refractivity contribution in [1.29, 1.82) is 0 Å². The third-order valence-corrected chi connectivity index (χ3v) is 7.24. The highest BCUT2D eigenvalue weighted by Gasteiger charge is 2.37. The van der Waals surface area contributed by atoms with Crippen molar-refractivity contribution in [3.05, 3.63) is 63.8 Å². The lowest BCUT2D eigenvalue weighted by molar-refractivity contribution is 0.0596. The Bertz CT molecular complexity index is 1210. The molecule has 2 fully saturated rings. The fraction of sp³-hybridized carbons (Fsp3) is 0.458. The van der Waals surface area contributed by atoms with Gasteiger partial charge >= 0.3 is 0 Å². The average molecular weight is 418 g/mol. The Morgan fingerprint density at radius 3 is 2.84 bits per heavy atom. The van der Waals surface area contributed by atoms with E-state index >= 15 is 0 Å². The van der Waals surface area contributed by atoms with Gasteiger partial charge in [-0.15, -0.1) is 0 Å². The number of carbonyl (C=O) groups is 1. The Labute approximate surface area is 180 Å². The van der Waals surface area contributed by atoms with Crippen LogP contribution in [0.2, 0.25) is 0 Å². The predicted octanol–water partition coefficient (Wildman–Crippen LogP) is 2.58. The van der Waals surface area contributed by atoms with Gasteiger partial charge in [-0.3, -0.25) is 14.5 Å². The molecule has 2 bridgehead atoms. The summed E-state index contributed by atoms with van der Waals surface area (Å²) in [5, 5.41) is 0. The van der Waals surface area contributed by atoms with E-state index in [1.54, 1.807) is 6.33 Å². The molecule has 3 aliphatic heterocycles. The number of para-hydroxylation sites is 1. The first-order chi connectivity index (χ1) is 15.2. The molecule has 1 N–H and O–H groups in total. The SMILES string of the molecule is O=C(c1cccc2[nH]cnc12)N1C[C@@H]2C[C@H](C1)c1ccc(CN3CCCC3)c(=O)n1C2. The van der Waals surface area contributed by atoms with Crippen LogP contribution < -0.4 is 5.56 Å². The van der Waals surface area contributed by atoms with E-state index in [2.05, 4.69) is 20.9 Å². The zero-order chi connectivity index (χ0) is 20.9. The normalized spacial score (nSPS) is 23.3. The van der Waals surface area contributed by atoms with Crippen molar-refractivity contribution in [2.75, 3.05) is 26.2 Å². The molecule has 0 saturated carbocycles. The standard InChI is InChI=1S/C24H27N5O2/c30-23-17(13-27-8-1-2-9-27)6-7-21-18-10-16(12-29(21)23)11-28(14-18)24(31)19-4-3-5-20-22(19)26-15-25-20/h3-7,15-16,18H,1-2,8-14H2,(H,25,26)/t16-,18+/m0/s1. The van der Waals surface area contributed by atoms with Crippen LogP contribution in [0.5, 0.6) is 0 Å². The van der Waals surface area contributed by atoms with Crippen LogP contribution in [0, 0.1) is 5.92 Å². The summed E-state index contributed by atoms with van der Waals surface area (Å²) < 4.78 is 2.00. The second-order valence-corrected chi connectivity index (χ2v) is 9.30. The molecule has 160 valence electrons. The van der Waals surface area contributed by atoms with Crippen LogP contribution in [0.4, 0.5) is 0 Å². The number of nitrogens with zero attached hydrogens (tertiary/aromatic N) is 4. The van der Waals surface area contributed by atoms with Crippen molar-refractivity contribution in [3.63, 3.8) is 0 Å². The molecule has 7 heteroatoms. The number of rotatable bonds is 3. The number of imidazole rings is 1. The molecule has 2 saturated heterocycles. The maximum Gasteiger partial charge on any atom is 0.256 e. The second kappa shape index (κ2) is 7.34. The van der Waals surface area contributed by atoms with Crippen LogP contribution in [0.15, 0.2) is 41.5 Å². The first-order valence-corrected chi connectivity index (χ1v) is 11.3. The molecule has 0 radical (unpaired) electrons. The first-order valence-electron chi connectivity index (χ1n) is 11.3. The Morgan fingerprint density at radius 2 is 1.97 bits per heavy atom. The van der Waals surface area contributed by atoms with E-state index in [9.17, 15) is 9.59 Å². The molecular formula is C24H27N5O2. The van der Waals surface area contributed by atoms with E-state index in [0.29, 0.717) is 31.1 Å². The molecule has 2 atom stereocenters. The summed E-state index contributed by atoms with van der Waals surface area (Å²) in [5.41, 5.74) is 4.42. The quantitative estimate of drug-likeness (QED) is 0.711. The van der Waals surface area contributed by atoms with E-state index in [1.165, 1.54) is 12.8 Å². The molecular weight excluding hydrogens is 390 g/mol. The van der Waals surface area contributed by atoms with Crippen molar-refractivity contribution in [3.8, 4) is 0 Å². The molecule has 1 amide bonds. The van der Waals surface area contributed by atoms with Gasteiger partial charge < -0.3 is 14.5 Å². The van der Waals surface area contributed by atoms with Crippen LogP contribution in [-0.4, -0.2) is 56.4 Å². The summed E-state index contributed by atoms with van der Waals surface area (Å²) >= 11 is 0. The molecule has 31 heavy (non-hydrogen) atoms. The highest BCUT2D eigenvalue weighted by Crippen LogP contribution is 2.36. The number of piperidine rings is 1. The smallest absolute Gasteiger partial charge is 0.256 e. The fourth-order valence-electron chi connectivity index (χ4n) is 5.77. The highest BCUT2D eigenvalue weighted by molar-refractivity contribution is 6.04. The highest BCUT2D eigenvalue weighted by atomic mass is 16.2. The van der Waals surface area contributed by atoms with Gasteiger partial charge in [-0.2, -0.15) is 0 Å². The number of amides is 1. The number of carbonyl (C=O) groups excluding carboxylic acids is 1. The molecule has 7 nitrogen and oxygen atoms in total. The monoisotopic (exact) mass is 417 g/mol.